The monoisotopic (exact) mass is 289 g/mol. The molecule has 3 N–H and O–H groups in total. The van der Waals surface area contributed by atoms with Gasteiger partial charge < -0.3 is 15.5 Å². The van der Waals surface area contributed by atoms with Gasteiger partial charge in [0, 0.05) is 18.0 Å². The van der Waals surface area contributed by atoms with Crippen molar-refractivity contribution < 1.29 is 14.6 Å². The number of phenols is 2. The lowest BCUT2D eigenvalue weighted by Crippen LogP contribution is -2.28. The Morgan fingerprint density at radius 3 is 2.75 bits per heavy atom. The van der Waals surface area contributed by atoms with E-state index in [-0.39, 0.29) is 16.1 Å². The summed E-state index contributed by atoms with van der Waals surface area (Å²) in [6, 6.07) is 1.54. The van der Waals surface area contributed by atoms with Crippen molar-refractivity contribution in [2.45, 2.75) is 18.8 Å². The van der Waals surface area contributed by atoms with Gasteiger partial charge in [-0.3, -0.25) is 0 Å². The molecule has 16 heavy (non-hydrogen) atoms. The largest absolute Gasteiger partial charge is 0.504 e. The number of hydrogen-bond acceptors (Lipinski definition) is 3. The van der Waals surface area contributed by atoms with Crippen molar-refractivity contribution in [1.29, 1.82) is 0 Å². The first-order valence-electron chi connectivity index (χ1n) is 5.21. The highest BCUT2D eigenvalue weighted by atomic mass is 79.9. The first-order valence-corrected chi connectivity index (χ1v) is 6.01. The minimum absolute atomic E-state index is 0.122. The number of rotatable bonds is 1. The Hall–Kier alpha value is -0.810. The van der Waals surface area contributed by atoms with Crippen LogP contribution in [0.4, 0.5) is 4.39 Å². The first kappa shape index (κ1) is 11.7. The second-order valence-electron chi connectivity index (χ2n) is 4.00. The van der Waals surface area contributed by atoms with Crippen LogP contribution in [0.15, 0.2) is 10.5 Å². The maximum atomic E-state index is 13.3. The first-order chi connectivity index (χ1) is 7.61. The topological polar surface area (TPSA) is 52.5 Å². The van der Waals surface area contributed by atoms with E-state index in [0.717, 1.165) is 25.9 Å². The predicted molar refractivity (Wildman–Crippen MR) is 62.3 cm³/mol. The molecule has 1 aliphatic heterocycles. The zero-order valence-electron chi connectivity index (χ0n) is 8.63. The van der Waals surface area contributed by atoms with Gasteiger partial charge in [0.05, 0.1) is 4.47 Å². The molecule has 0 amide bonds. The van der Waals surface area contributed by atoms with Gasteiger partial charge in [0.25, 0.3) is 0 Å². The maximum Gasteiger partial charge on any atom is 0.195 e. The van der Waals surface area contributed by atoms with E-state index in [0.29, 0.717) is 5.56 Å². The van der Waals surface area contributed by atoms with Gasteiger partial charge >= 0.3 is 0 Å². The van der Waals surface area contributed by atoms with E-state index < -0.39 is 11.6 Å². The standard InChI is InChI=1S/C11H13BrFNO2/c12-8-4-7(6-2-1-3-14-5-6)10(15)11(16)9(8)13/h4,6,14-16H,1-3,5H2. The Kier molecular flexibility index (Phi) is 3.35. The van der Waals surface area contributed by atoms with Crippen LogP contribution in [0, 0.1) is 5.82 Å². The van der Waals surface area contributed by atoms with Gasteiger partial charge in [0.15, 0.2) is 17.3 Å². The van der Waals surface area contributed by atoms with Gasteiger partial charge in [-0.15, -0.1) is 0 Å². The summed E-state index contributed by atoms with van der Waals surface area (Å²) in [6.07, 6.45) is 1.94. The second-order valence-corrected chi connectivity index (χ2v) is 4.86. The highest BCUT2D eigenvalue weighted by Gasteiger charge is 2.23. The van der Waals surface area contributed by atoms with Crippen LogP contribution in [0.2, 0.25) is 0 Å². The smallest absolute Gasteiger partial charge is 0.195 e. The molecule has 1 heterocycles. The van der Waals surface area contributed by atoms with Crippen molar-refractivity contribution in [3.8, 4) is 11.5 Å². The predicted octanol–water partition coefficient (Wildman–Crippen LogP) is 2.47. The van der Waals surface area contributed by atoms with E-state index in [1.54, 1.807) is 6.07 Å². The molecule has 1 unspecified atom stereocenters. The number of phenolic OH excluding ortho intramolecular Hbond substituents is 2. The van der Waals surface area contributed by atoms with Gasteiger partial charge in [-0.05, 0) is 41.4 Å². The summed E-state index contributed by atoms with van der Waals surface area (Å²) < 4.78 is 13.4. The van der Waals surface area contributed by atoms with Crippen LogP contribution in [0.1, 0.15) is 24.3 Å². The van der Waals surface area contributed by atoms with Crippen LogP contribution in [0.25, 0.3) is 0 Å². The molecule has 1 aromatic carbocycles. The van der Waals surface area contributed by atoms with E-state index in [1.807, 2.05) is 0 Å². The lowest BCUT2D eigenvalue weighted by molar-refractivity contribution is 0.364. The molecule has 3 nitrogen and oxygen atoms in total. The molecular weight excluding hydrogens is 277 g/mol. The van der Waals surface area contributed by atoms with E-state index in [4.69, 9.17) is 0 Å². The molecule has 1 fully saturated rings. The Labute approximate surface area is 101 Å². The summed E-state index contributed by atoms with van der Waals surface area (Å²) in [5.74, 6) is -1.70. The Bertz CT molecular complexity index is 405. The molecule has 88 valence electrons. The highest BCUT2D eigenvalue weighted by molar-refractivity contribution is 9.10. The number of halogens is 2. The van der Waals surface area contributed by atoms with E-state index >= 15 is 0 Å². The number of benzene rings is 1. The molecule has 0 bridgehead atoms. The van der Waals surface area contributed by atoms with Gasteiger partial charge in [-0.1, -0.05) is 0 Å². The number of piperidine rings is 1. The van der Waals surface area contributed by atoms with E-state index in [1.165, 1.54) is 0 Å². The fourth-order valence-electron chi connectivity index (χ4n) is 2.05. The van der Waals surface area contributed by atoms with Crippen molar-refractivity contribution in [3.05, 3.63) is 21.9 Å². The third-order valence-electron chi connectivity index (χ3n) is 2.93. The zero-order chi connectivity index (χ0) is 11.7. The normalized spacial score (nSPS) is 21.0. The fraction of sp³-hybridized carbons (Fsp3) is 0.455. The van der Waals surface area contributed by atoms with Gasteiger partial charge in [-0.2, -0.15) is 0 Å². The molecule has 0 radical (unpaired) electrons. The van der Waals surface area contributed by atoms with Gasteiger partial charge in [-0.25, -0.2) is 4.39 Å². The summed E-state index contributed by atoms with van der Waals surface area (Å²) in [5, 5.41) is 22.4. The van der Waals surface area contributed by atoms with Crippen molar-refractivity contribution in [1.82, 2.24) is 5.32 Å². The Balaban J connectivity index is 2.40. The molecule has 1 saturated heterocycles. The van der Waals surface area contributed by atoms with E-state index in [9.17, 15) is 14.6 Å². The third kappa shape index (κ3) is 2.01. The zero-order valence-corrected chi connectivity index (χ0v) is 10.2. The average molecular weight is 290 g/mol. The van der Waals surface area contributed by atoms with Crippen molar-refractivity contribution >= 4 is 15.9 Å². The molecule has 0 aliphatic carbocycles. The van der Waals surface area contributed by atoms with Crippen LogP contribution in [0.5, 0.6) is 11.5 Å². The number of aromatic hydroxyl groups is 2. The van der Waals surface area contributed by atoms with Gasteiger partial charge in [0.1, 0.15) is 0 Å². The highest BCUT2D eigenvalue weighted by Crippen LogP contribution is 2.41. The summed E-state index contributed by atoms with van der Waals surface area (Å²) in [4.78, 5) is 0. The molecule has 1 aromatic rings. The molecule has 5 heteroatoms. The molecule has 1 atom stereocenters. The fourth-order valence-corrected chi connectivity index (χ4v) is 2.48. The van der Waals surface area contributed by atoms with Crippen molar-refractivity contribution in [2.24, 2.45) is 0 Å². The van der Waals surface area contributed by atoms with Crippen LogP contribution >= 0.6 is 15.9 Å². The SMILES string of the molecule is Oc1c(C2CCCNC2)cc(Br)c(F)c1O. The van der Waals surface area contributed by atoms with Crippen molar-refractivity contribution in [2.75, 3.05) is 13.1 Å². The molecule has 0 spiro atoms. The minimum Gasteiger partial charge on any atom is -0.504 e. The minimum atomic E-state index is -0.815. The van der Waals surface area contributed by atoms with Crippen LogP contribution in [-0.4, -0.2) is 23.3 Å². The molecular formula is C11H13BrFNO2. The average Bonchev–Trinajstić information content (AvgIpc) is 2.32. The van der Waals surface area contributed by atoms with Crippen LogP contribution in [0.3, 0.4) is 0 Å². The molecule has 0 aromatic heterocycles. The van der Waals surface area contributed by atoms with Gasteiger partial charge in [0.2, 0.25) is 0 Å². The van der Waals surface area contributed by atoms with E-state index in [2.05, 4.69) is 21.2 Å². The summed E-state index contributed by atoms with van der Waals surface area (Å²) in [6.45, 7) is 1.71. The number of hydrogen-bond donors (Lipinski definition) is 3. The maximum absolute atomic E-state index is 13.3. The Morgan fingerprint density at radius 1 is 1.38 bits per heavy atom. The molecule has 0 saturated carbocycles. The summed E-state index contributed by atoms with van der Waals surface area (Å²) in [7, 11) is 0. The lowest BCUT2D eigenvalue weighted by Gasteiger charge is -2.24. The van der Waals surface area contributed by atoms with Crippen molar-refractivity contribution in [3.63, 3.8) is 0 Å². The lowest BCUT2D eigenvalue weighted by atomic mass is 9.91. The molecule has 1 aliphatic rings. The second kappa shape index (κ2) is 4.59. The summed E-state index contributed by atoms with van der Waals surface area (Å²) in [5.41, 5.74) is 0.595. The van der Waals surface area contributed by atoms with Crippen LogP contribution in [-0.2, 0) is 0 Å². The third-order valence-corrected chi connectivity index (χ3v) is 3.51. The summed E-state index contributed by atoms with van der Waals surface area (Å²) >= 11 is 3.03. The number of nitrogens with one attached hydrogen (secondary N) is 1. The quantitative estimate of drug-likeness (QED) is 0.696. The Morgan fingerprint density at radius 2 is 2.12 bits per heavy atom. The molecule has 2 rings (SSSR count). The van der Waals surface area contributed by atoms with Crippen LogP contribution < -0.4 is 5.32 Å².